The van der Waals surface area contributed by atoms with Gasteiger partial charge < -0.3 is 0 Å². The molecule has 0 aliphatic heterocycles. The third-order valence-corrected chi connectivity index (χ3v) is 0.921. The summed E-state index contributed by atoms with van der Waals surface area (Å²) in [4.78, 5) is 0. The Hall–Kier alpha value is -0.424. The van der Waals surface area contributed by atoms with Crippen molar-refractivity contribution in [2.45, 2.75) is 0 Å². The van der Waals surface area contributed by atoms with Gasteiger partial charge in [-0.15, -0.1) is 0 Å². The molecule has 0 fully saturated rings. The predicted octanol–water partition coefficient (Wildman–Crippen LogP) is 0.859. The molecule has 1 aromatic carbocycles. The molecule has 0 bridgehead atoms. The second-order valence-corrected chi connectivity index (χ2v) is 1.58. The molecule has 0 aromatic heterocycles. The quantitative estimate of drug-likeness (QED) is 0.264. The van der Waals surface area contributed by atoms with Crippen molar-refractivity contribution in [3.8, 4) is 0 Å². The van der Waals surface area contributed by atoms with Crippen molar-refractivity contribution in [1.29, 1.82) is 0 Å². The van der Waals surface area contributed by atoms with Gasteiger partial charge in [0.05, 0.1) is 0 Å². The Balaban J connectivity index is 0.000001000. The molecule has 1 rings (SSSR count). The van der Waals surface area contributed by atoms with Crippen LogP contribution in [0.15, 0.2) is 6.07 Å². The Morgan fingerprint density at radius 1 is 1.00 bits per heavy atom. The molecule has 1 radical (unpaired) electrons. The van der Waals surface area contributed by atoms with E-state index >= 15 is 0 Å². The normalized spacial score (nSPS) is 9.09. The van der Waals surface area contributed by atoms with Crippen molar-refractivity contribution in [2.24, 2.45) is 0 Å². The van der Waals surface area contributed by atoms with Crippen LogP contribution in [0.25, 0.3) is 0 Å². The van der Waals surface area contributed by atoms with Crippen LogP contribution in [0.4, 0.5) is 17.6 Å². The fourth-order valence-electron chi connectivity index (χ4n) is 0.455. The standard InChI is InChI=1S/C6HF4.Ga.3H/c7-3-1-2-4(8)6(10)5(3)9;;;;/h1H;;;;. The molecule has 0 spiro atoms. The van der Waals surface area contributed by atoms with E-state index in [0.29, 0.717) is 6.07 Å². The third kappa shape index (κ3) is 2.00. The average molecular weight is 222 g/mol. The van der Waals surface area contributed by atoms with Crippen molar-refractivity contribution in [3.05, 3.63) is 35.4 Å². The van der Waals surface area contributed by atoms with Gasteiger partial charge in [0, 0.05) is 6.07 Å². The van der Waals surface area contributed by atoms with Crippen LogP contribution >= 0.6 is 0 Å². The molecule has 0 aliphatic carbocycles. The Bertz CT molecular complexity index is 234. The molecule has 0 amide bonds. The first-order valence-corrected chi connectivity index (χ1v) is 2.33. The minimum atomic E-state index is -1.83. The van der Waals surface area contributed by atoms with E-state index in [1.165, 1.54) is 0 Å². The molecule has 0 nitrogen and oxygen atoms in total. The van der Waals surface area contributed by atoms with Crippen LogP contribution in [-0.2, 0) is 0 Å². The second-order valence-electron chi connectivity index (χ2n) is 1.58. The van der Waals surface area contributed by atoms with Gasteiger partial charge in [-0.1, -0.05) is 0 Å². The maximum atomic E-state index is 12.0. The fourth-order valence-corrected chi connectivity index (χ4v) is 0.455. The molecule has 59 valence electrons. The van der Waals surface area contributed by atoms with Crippen molar-refractivity contribution in [1.82, 2.24) is 0 Å². The predicted molar refractivity (Wildman–Crippen MR) is 35.0 cm³/mol. The van der Waals surface area contributed by atoms with E-state index < -0.39 is 23.3 Å². The van der Waals surface area contributed by atoms with E-state index in [1.54, 1.807) is 6.07 Å². The van der Waals surface area contributed by atoms with E-state index in [9.17, 15) is 17.6 Å². The topological polar surface area (TPSA) is 0 Å². The van der Waals surface area contributed by atoms with Crippen molar-refractivity contribution >= 4 is 19.8 Å². The van der Waals surface area contributed by atoms with E-state index in [-0.39, 0.29) is 19.8 Å². The zero-order valence-corrected chi connectivity index (χ0v) is 4.59. The van der Waals surface area contributed by atoms with E-state index in [0.717, 1.165) is 0 Å². The summed E-state index contributed by atoms with van der Waals surface area (Å²) in [5.74, 6) is -6.60. The molecular formula is C6H4F4Ga. The van der Waals surface area contributed by atoms with Crippen LogP contribution in [0.2, 0.25) is 0 Å². The third-order valence-electron chi connectivity index (χ3n) is 0.921. The van der Waals surface area contributed by atoms with Crippen LogP contribution < -0.4 is 0 Å². The number of hydrogen-bond acceptors (Lipinski definition) is 0. The molecule has 11 heavy (non-hydrogen) atoms. The fraction of sp³-hybridized carbons (Fsp3) is 0. The van der Waals surface area contributed by atoms with Gasteiger partial charge in [0.1, 0.15) is 0 Å². The summed E-state index contributed by atoms with van der Waals surface area (Å²) in [6, 6.07) is 1.95. The summed E-state index contributed by atoms with van der Waals surface area (Å²) in [5, 5.41) is 0. The van der Waals surface area contributed by atoms with Gasteiger partial charge in [-0.3, -0.25) is 0 Å². The first-order chi connectivity index (χ1) is 4.63. The summed E-state index contributed by atoms with van der Waals surface area (Å²) in [6.07, 6.45) is 0. The van der Waals surface area contributed by atoms with Gasteiger partial charge in [-0.25, -0.2) is 17.6 Å². The van der Waals surface area contributed by atoms with Gasteiger partial charge in [-0.05, 0) is 6.07 Å². The summed E-state index contributed by atoms with van der Waals surface area (Å²) in [5.41, 5.74) is 0. The first-order valence-electron chi connectivity index (χ1n) is 2.33. The molecule has 1 aromatic rings. The monoisotopic (exact) mass is 221 g/mol. The van der Waals surface area contributed by atoms with Gasteiger partial charge in [0.25, 0.3) is 0 Å². The zero-order chi connectivity index (χ0) is 7.72. The number of hydrogen-bond donors (Lipinski definition) is 0. The van der Waals surface area contributed by atoms with Gasteiger partial charge >= 0.3 is 19.8 Å². The van der Waals surface area contributed by atoms with Gasteiger partial charge in [-0.2, -0.15) is 0 Å². The van der Waals surface area contributed by atoms with Crippen molar-refractivity contribution in [2.75, 3.05) is 0 Å². The van der Waals surface area contributed by atoms with Gasteiger partial charge in [0.15, 0.2) is 23.3 Å². The van der Waals surface area contributed by atoms with E-state index in [4.69, 9.17) is 0 Å². The van der Waals surface area contributed by atoms with Crippen LogP contribution in [-0.4, -0.2) is 19.8 Å². The second kappa shape index (κ2) is 3.82. The molecule has 0 atom stereocenters. The Kier molecular flexibility index (Phi) is 3.67. The summed E-state index contributed by atoms with van der Waals surface area (Å²) in [6.45, 7) is 0. The number of halogens is 4. The Morgan fingerprint density at radius 3 is 2.00 bits per heavy atom. The minimum absolute atomic E-state index is 0. The molecule has 5 heteroatoms. The molecule has 0 unspecified atom stereocenters. The molecule has 0 aliphatic rings. The molecule has 0 saturated carbocycles. The molecule has 0 saturated heterocycles. The summed E-state index contributed by atoms with van der Waals surface area (Å²) >= 11 is 0. The van der Waals surface area contributed by atoms with Crippen LogP contribution in [0.5, 0.6) is 0 Å². The Labute approximate surface area is 73.3 Å². The number of benzene rings is 1. The van der Waals surface area contributed by atoms with Crippen LogP contribution in [0.3, 0.4) is 0 Å². The van der Waals surface area contributed by atoms with Gasteiger partial charge in [0.2, 0.25) is 0 Å². The average Bonchev–Trinajstić information content (AvgIpc) is 1.93. The van der Waals surface area contributed by atoms with E-state index in [1.807, 2.05) is 0 Å². The summed E-state index contributed by atoms with van der Waals surface area (Å²) in [7, 11) is 0. The molecule has 0 N–H and O–H groups in total. The van der Waals surface area contributed by atoms with Crippen molar-refractivity contribution in [3.63, 3.8) is 0 Å². The SMILES string of the molecule is Fc1[c]cc(F)c(F)c1F.[GaH3]. The van der Waals surface area contributed by atoms with Crippen LogP contribution in [0, 0.1) is 29.3 Å². The van der Waals surface area contributed by atoms with E-state index in [2.05, 4.69) is 0 Å². The maximum absolute atomic E-state index is 12.0. The number of rotatable bonds is 0. The summed E-state index contributed by atoms with van der Waals surface area (Å²) < 4.78 is 47.8. The molecule has 0 heterocycles. The molecular weight excluding hydrogens is 218 g/mol. The van der Waals surface area contributed by atoms with Crippen LogP contribution in [0.1, 0.15) is 0 Å². The zero-order valence-electron chi connectivity index (χ0n) is 4.59. The first kappa shape index (κ1) is 10.6. The Morgan fingerprint density at radius 2 is 1.55 bits per heavy atom. The van der Waals surface area contributed by atoms with Crippen molar-refractivity contribution < 1.29 is 17.6 Å².